The van der Waals surface area contributed by atoms with Gasteiger partial charge in [0.05, 0.1) is 30.2 Å². The summed E-state index contributed by atoms with van der Waals surface area (Å²) in [7, 11) is 1.53. The molecule has 0 saturated carbocycles. The Morgan fingerprint density at radius 1 is 1.07 bits per heavy atom. The zero-order valence-electron chi connectivity index (χ0n) is 15.6. The maximum atomic E-state index is 12.9. The van der Waals surface area contributed by atoms with Crippen LogP contribution in [0.2, 0.25) is 0 Å². The van der Waals surface area contributed by atoms with Crippen LogP contribution in [0, 0.1) is 0 Å². The minimum Gasteiger partial charge on any atom is -0.462 e. The van der Waals surface area contributed by atoms with Gasteiger partial charge < -0.3 is 14.8 Å². The zero-order valence-corrected chi connectivity index (χ0v) is 15.6. The molecule has 2 aromatic carbocycles. The molecule has 1 aromatic heterocycles. The lowest BCUT2D eigenvalue weighted by atomic mass is 10.1. The van der Waals surface area contributed by atoms with Crippen LogP contribution in [-0.2, 0) is 16.1 Å². The number of ether oxygens (including phenoxy) is 2. The van der Waals surface area contributed by atoms with E-state index in [1.54, 1.807) is 35.9 Å². The van der Waals surface area contributed by atoms with Gasteiger partial charge in [0.25, 0.3) is 5.91 Å². The lowest BCUT2D eigenvalue weighted by Crippen LogP contribution is -2.18. The molecular weight excluding hydrogens is 360 g/mol. The molecule has 8 nitrogen and oxygen atoms in total. The normalized spacial score (nSPS) is 10.5. The number of aromatic nitrogens is 3. The van der Waals surface area contributed by atoms with Gasteiger partial charge >= 0.3 is 5.97 Å². The minimum absolute atomic E-state index is 0.115. The van der Waals surface area contributed by atoms with E-state index in [9.17, 15) is 9.59 Å². The number of amides is 1. The third-order valence-corrected chi connectivity index (χ3v) is 3.93. The fourth-order valence-electron chi connectivity index (χ4n) is 2.68. The summed E-state index contributed by atoms with van der Waals surface area (Å²) >= 11 is 0. The second-order valence-electron chi connectivity index (χ2n) is 5.79. The molecule has 0 radical (unpaired) electrons. The maximum Gasteiger partial charge on any atom is 0.340 e. The molecule has 0 aliphatic heterocycles. The molecule has 1 N–H and O–H groups in total. The topological polar surface area (TPSA) is 95.3 Å². The molecule has 0 saturated heterocycles. The van der Waals surface area contributed by atoms with Gasteiger partial charge in [-0.15, -0.1) is 5.10 Å². The van der Waals surface area contributed by atoms with Crippen LogP contribution in [0.1, 0.15) is 33.5 Å². The van der Waals surface area contributed by atoms with E-state index in [1.807, 2.05) is 30.3 Å². The minimum atomic E-state index is -0.511. The molecule has 0 aliphatic rings. The highest BCUT2D eigenvalue weighted by atomic mass is 16.5. The molecule has 0 atom stereocenters. The summed E-state index contributed by atoms with van der Waals surface area (Å²) in [6.07, 6.45) is 0. The molecule has 28 heavy (non-hydrogen) atoms. The molecule has 0 aliphatic carbocycles. The van der Waals surface area contributed by atoms with Gasteiger partial charge in [-0.1, -0.05) is 35.5 Å². The molecule has 0 bridgehead atoms. The number of hydrogen-bond acceptors (Lipinski definition) is 6. The molecule has 8 heteroatoms. The molecule has 1 heterocycles. The van der Waals surface area contributed by atoms with E-state index in [4.69, 9.17) is 9.47 Å². The Labute approximate surface area is 162 Å². The van der Waals surface area contributed by atoms with Gasteiger partial charge in [0.1, 0.15) is 5.69 Å². The van der Waals surface area contributed by atoms with Crippen LogP contribution in [0.3, 0.4) is 0 Å². The van der Waals surface area contributed by atoms with E-state index < -0.39 is 11.9 Å². The van der Waals surface area contributed by atoms with Crippen LogP contribution in [0.5, 0.6) is 0 Å². The lowest BCUT2D eigenvalue weighted by molar-refractivity contribution is 0.0527. The molecule has 0 unspecified atom stereocenters. The van der Waals surface area contributed by atoms with Gasteiger partial charge in [0.2, 0.25) is 0 Å². The number of para-hydroxylation sites is 2. The first-order chi connectivity index (χ1) is 13.7. The third-order valence-electron chi connectivity index (χ3n) is 3.93. The Bertz CT molecular complexity index is 969. The van der Waals surface area contributed by atoms with Crippen molar-refractivity contribution in [3.05, 3.63) is 71.5 Å². The van der Waals surface area contributed by atoms with E-state index in [1.165, 1.54) is 7.11 Å². The first-order valence-corrected chi connectivity index (χ1v) is 8.72. The molecule has 3 aromatic rings. The van der Waals surface area contributed by atoms with E-state index in [0.29, 0.717) is 11.4 Å². The molecule has 0 fully saturated rings. The largest absolute Gasteiger partial charge is 0.462 e. The molecule has 144 valence electrons. The number of carbonyl (C=O) groups excluding carboxylic acids is 2. The van der Waals surface area contributed by atoms with Crippen molar-refractivity contribution in [1.82, 2.24) is 15.0 Å². The van der Waals surface area contributed by atoms with Gasteiger partial charge in [-0.2, -0.15) is 0 Å². The predicted molar refractivity (Wildman–Crippen MR) is 102 cm³/mol. The predicted octanol–water partition coefficient (Wildman–Crippen LogP) is 2.84. The number of anilines is 1. The van der Waals surface area contributed by atoms with E-state index in [0.717, 1.165) is 5.69 Å². The van der Waals surface area contributed by atoms with E-state index >= 15 is 0 Å². The second-order valence-corrected chi connectivity index (χ2v) is 5.79. The van der Waals surface area contributed by atoms with Crippen molar-refractivity contribution < 1.29 is 19.1 Å². The summed E-state index contributed by atoms with van der Waals surface area (Å²) in [6, 6.07) is 15.9. The molecule has 0 spiro atoms. The summed E-state index contributed by atoms with van der Waals surface area (Å²) in [4.78, 5) is 25.0. The van der Waals surface area contributed by atoms with Crippen molar-refractivity contribution in [3.63, 3.8) is 0 Å². The summed E-state index contributed by atoms with van der Waals surface area (Å²) in [5.74, 6) is -1.01. The van der Waals surface area contributed by atoms with Crippen LogP contribution in [0.4, 0.5) is 5.69 Å². The van der Waals surface area contributed by atoms with Crippen LogP contribution in [0.25, 0.3) is 5.69 Å². The summed E-state index contributed by atoms with van der Waals surface area (Å²) < 4.78 is 11.8. The number of carbonyl (C=O) groups is 2. The van der Waals surface area contributed by atoms with Gasteiger partial charge in [-0.05, 0) is 31.2 Å². The summed E-state index contributed by atoms with van der Waals surface area (Å²) in [5.41, 5.74) is 1.97. The lowest BCUT2D eigenvalue weighted by Gasteiger charge is -2.10. The fourth-order valence-corrected chi connectivity index (χ4v) is 2.68. The average Bonchev–Trinajstić information content (AvgIpc) is 3.13. The average molecular weight is 380 g/mol. The number of methoxy groups -OCH3 is 1. The third kappa shape index (κ3) is 4.07. The monoisotopic (exact) mass is 380 g/mol. The smallest absolute Gasteiger partial charge is 0.340 e. The van der Waals surface area contributed by atoms with Gasteiger partial charge in [0, 0.05) is 7.11 Å². The van der Waals surface area contributed by atoms with Crippen LogP contribution >= 0.6 is 0 Å². The Kier molecular flexibility index (Phi) is 6.13. The number of nitrogens with one attached hydrogen (secondary N) is 1. The SMILES string of the molecule is CCOC(=O)c1ccccc1NC(=O)c1nnn(-c2ccccc2)c1COC. The van der Waals surface area contributed by atoms with Crippen LogP contribution in [0.15, 0.2) is 54.6 Å². The van der Waals surface area contributed by atoms with Crippen molar-refractivity contribution in [1.29, 1.82) is 0 Å². The van der Waals surface area contributed by atoms with Crippen molar-refractivity contribution in [3.8, 4) is 5.69 Å². The van der Waals surface area contributed by atoms with Crippen LogP contribution in [-0.4, -0.2) is 40.6 Å². The van der Waals surface area contributed by atoms with Gasteiger partial charge in [-0.3, -0.25) is 4.79 Å². The Balaban J connectivity index is 1.92. The zero-order chi connectivity index (χ0) is 19.9. The first kappa shape index (κ1) is 19.2. The quantitative estimate of drug-likeness (QED) is 0.633. The second kappa shape index (κ2) is 8.92. The molecular formula is C20H20N4O4. The molecule has 3 rings (SSSR count). The number of nitrogens with zero attached hydrogens (tertiary/aromatic N) is 3. The first-order valence-electron chi connectivity index (χ1n) is 8.72. The number of esters is 1. The Hall–Kier alpha value is -3.52. The number of benzene rings is 2. The maximum absolute atomic E-state index is 12.9. The van der Waals surface area contributed by atoms with E-state index in [2.05, 4.69) is 15.6 Å². The highest BCUT2D eigenvalue weighted by Gasteiger charge is 2.22. The standard InChI is InChI=1S/C20H20N4O4/c1-3-28-20(26)15-11-7-8-12-16(15)21-19(25)18-17(13-27-2)24(23-22-18)14-9-5-4-6-10-14/h4-12H,3,13H2,1-2H3,(H,21,25). The van der Waals surface area contributed by atoms with Gasteiger partial charge in [-0.25, -0.2) is 9.48 Å². The van der Waals surface area contributed by atoms with Crippen molar-refractivity contribution in [2.45, 2.75) is 13.5 Å². The van der Waals surface area contributed by atoms with Crippen molar-refractivity contribution in [2.24, 2.45) is 0 Å². The molecule has 1 amide bonds. The van der Waals surface area contributed by atoms with Crippen molar-refractivity contribution in [2.75, 3.05) is 19.0 Å². The van der Waals surface area contributed by atoms with Crippen molar-refractivity contribution >= 4 is 17.6 Å². The Morgan fingerprint density at radius 3 is 2.50 bits per heavy atom. The van der Waals surface area contributed by atoms with Crippen LogP contribution < -0.4 is 5.32 Å². The number of hydrogen-bond donors (Lipinski definition) is 1. The van der Waals surface area contributed by atoms with E-state index in [-0.39, 0.29) is 24.5 Å². The summed E-state index contributed by atoms with van der Waals surface area (Å²) in [6.45, 7) is 2.10. The highest BCUT2D eigenvalue weighted by molar-refractivity contribution is 6.07. The Morgan fingerprint density at radius 2 is 1.79 bits per heavy atom. The van der Waals surface area contributed by atoms with Gasteiger partial charge in [0.15, 0.2) is 5.69 Å². The highest BCUT2D eigenvalue weighted by Crippen LogP contribution is 2.19. The fraction of sp³-hybridized carbons (Fsp3) is 0.200. The number of rotatable bonds is 7. The summed E-state index contributed by atoms with van der Waals surface area (Å²) in [5, 5.41) is 10.8.